The van der Waals surface area contributed by atoms with Crippen molar-refractivity contribution in [3.05, 3.63) is 12.7 Å². The monoisotopic (exact) mass is 557 g/mol. The van der Waals surface area contributed by atoms with Crippen molar-refractivity contribution in [3.63, 3.8) is 0 Å². The zero-order valence-electron chi connectivity index (χ0n) is 17.8. The second-order valence-electron chi connectivity index (χ2n) is 5.85. The Morgan fingerprint density at radius 3 is 1.80 bits per heavy atom. The Morgan fingerprint density at radius 2 is 1.40 bits per heavy atom. The summed E-state index contributed by atoms with van der Waals surface area (Å²) >= 11 is 0. The van der Waals surface area contributed by atoms with Gasteiger partial charge in [0.2, 0.25) is 0 Å². The van der Waals surface area contributed by atoms with Crippen LogP contribution in [0.3, 0.4) is 0 Å². The van der Waals surface area contributed by atoms with Crippen LogP contribution >= 0.6 is 23.5 Å². The van der Waals surface area contributed by atoms with E-state index in [-0.39, 0.29) is 25.0 Å². The second kappa shape index (κ2) is 14.8. The molecule has 3 N–H and O–H groups in total. The molecular weight excluding hydrogens is 542 g/mol. The van der Waals surface area contributed by atoms with Gasteiger partial charge >= 0.3 is 18.9 Å². The number of hydrogen-bond donors (Lipinski definition) is 2. The molecule has 3 heterocycles. The molecule has 1 saturated heterocycles. The minimum Gasteiger partial charge on any atom is -0.822 e. The molecule has 1 aliphatic heterocycles. The predicted molar refractivity (Wildman–Crippen MR) is 88.9 cm³/mol. The maximum atomic E-state index is 10.0. The van der Waals surface area contributed by atoms with Gasteiger partial charge in [-0.1, -0.05) is 0 Å². The summed E-state index contributed by atoms with van der Waals surface area (Å²) in [5.41, 5.74) is 6.81. The number of nitrogens with zero attached hydrogens (tertiary/aromatic N) is 4. The fraction of sp³-hybridized carbons (Fsp3) is 0.545. The molecule has 2 aromatic heterocycles. The smallest absolute Gasteiger partial charge is 0.822 e. The minimum atomic E-state index is -5.39. The van der Waals surface area contributed by atoms with Crippen LogP contribution in [0.1, 0.15) is 13.2 Å². The van der Waals surface area contributed by atoms with Crippen LogP contribution in [0.15, 0.2) is 12.7 Å². The third-order valence-corrected chi connectivity index (χ3v) is 3.39. The van der Waals surface area contributed by atoms with Gasteiger partial charge in [-0.2, -0.15) is 23.5 Å². The Morgan fingerprint density at radius 1 is 0.971 bits per heavy atom. The van der Waals surface area contributed by atoms with Crippen molar-refractivity contribution in [1.29, 1.82) is 0 Å². The molecule has 0 bridgehead atoms. The first kappa shape index (κ1) is 36.3. The molecule has 35 heavy (non-hydrogen) atoms. The molecule has 20 nitrogen and oxygen atoms in total. The molecule has 3 rings (SSSR count). The van der Waals surface area contributed by atoms with E-state index in [0.29, 0.717) is 17.0 Å². The van der Waals surface area contributed by atoms with Gasteiger partial charge in [0, 0.05) is 7.11 Å². The van der Waals surface area contributed by atoms with Crippen LogP contribution in [-0.4, -0.2) is 50.0 Å². The summed E-state index contributed by atoms with van der Waals surface area (Å²) in [6, 6.07) is 0. The standard InChI is InChI=1S/C11H15N5O3.Li.3H3O4P/c1-5-7(17)8(18-2)11(19-5)16-4-15-6-9(12)13-3-14-10(6)16;;3*1-5(2,3)4/h3-5,7-8,11,17H,1-2H3,(H2,12,13,14);;3*(H3,1,2,3,4)/q;+1;;;/p-9. The Balaban J connectivity index is 0. The van der Waals surface area contributed by atoms with Crippen LogP contribution in [0.5, 0.6) is 0 Å². The molecule has 4 unspecified atom stereocenters. The van der Waals surface area contributed by atoms with E-state index in [1.165, 1.54) is 13.4 Å². The number of aromatic nitrogens is 4. The number of imidazole rings is 1. The molecule has 0 radical (unpaired) electrons. The average Bonchev–Trinajstić information content (AvgIpc) is 3.13. The molecule has 4 atom stereocenters. The van der Waals surface area contributed by atoms with Crippen LogP contribution in [0.2, 0.25) is 0 Å². The molecule has 1 aliphatic rings. The number of hydrogen-bond acceptors (Lipinski definition) is 19. The second-order valence-corrected chi connectivity index (χ2v) is 8.53. The Bertz CT molecular complexity index is 984. The van der Waals surface area contributed by atoms with Crippen LogP contribution in [0.4, 0.5) is 5.82 Å². The Kier molecular flexibility index (Phi) is 15.3. The van der Waals surface area contributed by atoms with Crippen LogP contribution in [0.25, 0.3) is 11.2 Å². The van der Waals surface area contributed by atoms with Crippen LogP contribution in [-0.2, 0) is 23.2 Å². The molecule has 198 valence electrons. The Hall–Kier alpha value is -0.843. The van der Waals surface area contributed by atoms with E-state index in [0.717, 1.165) is 0 Å². The summed E-state index contributed by atoms with van der Waals surface area (Å²) in [7, 11) is -14.6. The van der Waals surface area contributed by atoms with Crippen molar-refractivity contribution in [2.45, 2.75) is 31.5 Å². The van der Waals surface area contributed by atoms with Crippen molar-refractivity contribution in [1.82, 2.24) is 19.5 Å². The van der Waals surface area contributed by atoms with Crippen LogP contribution < -0.4 is 68.6 Å². The number of nitrogens with two attached hydrogens (primary N) is 1. The molecule has 0 aliphatic carbocycles. The zero-order valence-corrected chi connectivity index (χ0v) is 20.5. The van der Waals surface area contributed by atoms with Crippen LogP contribution in [0, 0.1) is 0 Å². The van der Waals surface area contributed by atoms with Gasteiger partial charge in [-0.15, -0.1) is 0 Å². The van der Waals surface area contributed by atoms with Crippen molar-refractivity contribution in [2.75, 3.05) is 12.8 Å². The van der Waals surface area contributed by atoms with Gasteiger partial charge in [-0.05, 0) is 6.92 Å². The van der Waals surface area contributed by atoms with E-state index in [9.17, 15) is 5.11 Å². The fourth-order valence-electron chi connectivity index (χ4n) is 2.35. The first-order valence-electron chi connectivity index (χ1n) is 8.12. The minimum absolute atomic E-state index is 0. The zero-order chi connectivity index (χ0) is 27.1. The number of aliphatic hydroxyl groups is 1. The van der Waals surface area contributed by atoms with E-state index in [1.54, 1.807) is 17.8 Å². The van der Waals surface area contributed by atoms with Gasteiger partial charge in [0.1, 0.15) is 24.1 Å². The number of nitrogen functional groups attached to an aromatic ring is 1. The molecule has 0 aromatic carbocycles. The molecule has 0 spiro atoms. The van der Waals surface area contributed by atoms with E-state index in [4.69, 9.17) is 72.9 Å². The van der Waals surface area contributed by atoms with E-state index in [2.05, 4.69) is 15.0 Å². The average molecular weight is 557 g/mol. The number of phosphoric acid groups is 3. The maximum absolute atomic E-state index is 10.0. The number of fused-ring (bicyclic) bond motifs is 1. The first-order valence-corrected chi connectivity index (χ1v) is 12.5. The third-order valence-electron chi connectivity index (χ3n) is 3.39. The van der Waals surface area contributed by atoms with Gasteiger partial charge in [0.05, 0.1) is 12.4 Å². The van der Waals surface area contributed by atoms with Crippen molar-refractivity contribution < 1.29 is 91.2 Å². The molecule has 24 heteroatoms. The molecule has 0 saturated carbocycles. The van der Waals surface area contributed by atoms with Crippen molar-refractivity contribution in [2.24, 2.45) is 0 Å². The van der Waals surface area contributed by atoms with Gasteiger partial charge in [-0.25, -0.2) is 15.0 Å². The summed E-state index contributed by atoms with van der Waals surface area (Å²) in [4.78, 5) is 89.2. The van der Waals surface area contributed by atoms with Gasteiger partial charge < -0.3 is 78.0 Å². The summed E-state index contributed by atoms with van der Waals surface area (Å²) < 4.78 is 38.4. The summed E-state index contributed by atoms with van der Waals surface area (Å²) in [6.07, 6.45) is 0.931. The molecule has 0 amide bonds. The van der Waals surface area contributed by atoms with E-state index < -0.39 is 41.9 Å². The van der Waals surface area contributed by atoms with Crippen molar-refractivity contribution in [3.8, 4) is 0 Å². The number of methoxy groups -OCH3 is 1. The van der Waals surface area contributed by atoms with E-state index in [1.807, 2.05) is 0 Å². The third kappa shape index (κ3) is 16.5. The SMILES string of the molecule is COC1C(O)C(C)OC1n1cnc2c(N)ncnc21.O=P([O-])([O-])[O-].O=P([O-])([O-])[O-].O=P([O-])([O-])[O-].[Li+]. The molecule has 2 aromatic rings. The Labute approximate surface area is 208 Å². The molecular formula is C11H15LiN5O15P3-8. The topological polar surface area (TPSA) is 367 Å². The summed E-state index contributed by atoms with van der Waals surface area (Å²) in [5.74, 6) is 0.310. The quantitative estimate of drug-likeness (QED) is 0.255. The normalized spacial score (nSPS) is 21.9. The van der Waals surface area contributed by atoms with Gasteiger partial charge in [0.25, 0.3) is 0 Å². The maximum Gasteiger partial charge on any atom is 1.00 e. The number of rotatable bonds is 2. The predicted octanol–water partition coefficient (Wildman–Crippen LogP) is -11.8. The number of ether oxygens (including phenoxy) is 2. The van der Waals surface area contributed by atoms with E-state index >= 15 is 0 Å². The van der Waals surface area contributed by atoms with Gasteiger partial charge in [0.15, 0.2) is 17.7 Å². The summed E-state index contributed by atoms with van der Waals surface area (Å²) in [6.45, 7) is 1.79. The first-order chi connectivity index (χ1) is 15.1. The van der Waals surface area contributed by atoms with Crippen molar-refractivity contribution >= 4 is 40.4 Å². The van der Waals surface area contributed by atoms with Gasteiger partial charge in [-0.3, -0.25) is 4.57 Å². The summed E-state index contributed by atoms with van der Waals surface area (Å²) in [5, 5.41) is 10.0. The fourth-order valence-corrected chi connectivity index (χ4v) is 2.35. The number of aliphatic hydroxyl groups excluding tert-OH is 1. The largest absolute Gasteiger partial charge is 1.00 e. The number of anilines is 1. The molecule has 1 fully saturated rings.